The van der Waals surface area contributed by atoms with Crippen LogP contribution in [0.5, 0.6) is 0 Å². The van der Waals surface area contributed by atoms with Gasteiger partial charge in [-0.15, -0.1) is 0 Å². The largest absolute Gasteiger partial charge is 0.454 e. The molecule has 0 radical (unpaired) electrons. The number of hydrogen-bond donors (Lipinski definition) is 1. The van der Waals surface area contributed by atoms with Gasteiger partial charge in [-0.2, -0.15) is 0 Å². The molecule has 31 heavy (non-hydrogen) atoms. The normalized spacial score (nSPS) is 15.4. The first kappa shape index (κ1) is 24.4. The van der Waals surface area contributed by atoms with Crippen molar-refractivity contribution in [1.29, 1.82) is 0 Å². The summed E-state index contributed by atoms with van der Waals surface area (Å²) < 4.78 is 5.07. The van der Waals surface area contributed by atoms with Gasteiger partial charge in [-0.25, -0.2) is 0 Å². The number of amides is 3. The molecule has 2 atom stereocenters. The maximum absolute atomic E-state index is 12.5. The first-order valence-corrected chi connectivity index (χ1v) is 10.9. The first-order valence-electron chi connectivity index (χ1n) is 10.9. The highest BCUT2D eigenvalue weighted by molar-refractivity contribution is 5.98. The monoisotopic (exact) mass is 431 g/mol. The Balaban J connectivity index is 1.81. The van der Waals surface area contributed by atoms with Crippen LogP contribution in [-0.2, 0) is 19.1 Å². The highest BCUT2D eigenvalue weighted by Crippen LogP contribution is 2.21. The lowest BCUT2D eigenvalue weighted by Crippen LogP contribution is -2.46. The summed E-state index contributed by atoms with van der Waals surface area (Å²) in [4.78, 5) is 52.0. The molecule has 170 valence electrons. The fourth-order valence-corrected chi connectivity index (χ4v) is 3.56. The molecule has 1 aromatic carbocycles. The van der Waals surface area contributed by atoms with Gasteiger partial charge in [-0.3, -0.25) is 19.2 Å². The van der Waals surface area contributed by atoms with Gasteiger partial charge in [0.1, 0.15) is 6.54 Å². The predicted molar refractivity (Wildman–Crippen MR) is 118 cm³/mol. The minimum atomic E-state index is -0.672. The van der Waals surface area contributed by atoms with E-state index in [2.05, 4.69) is 5.32 Å². The van der Waals surface area contributed by atoms with Gasteiger partial charge >= 0.3 is 5.97 Å². The van der Waals surface area contributed by atoms with Gasteiger partial charge < -0.3 is 19.9 Å². The van der Waals surface area contributed by atoms with Crippen LogP contribution in [0.4, 0.5) is 5.69 Å². The van der Waals surface area contributed by atoms with Crippen molar-refractivity contribution in [2.24, 2.45) is 0 Å². The minimum Gasteiger partial charge on any atom is -0.454 e. The van der Waals surface area contributed by atoms with Crippen molar-refractivity contribution in [3.63, 3.8) is 0 Å². The Morgan fingerprint density at radius 1 is 1.10 bits per heavy atom. The van der Waals surface area contributed by atoms with Crippen LogP contribution in [-0.4, -0.2) is 60.4 Å². The fraction of sp³-hybridized carbons (Fsp3) is 0.565. The molecule has 0 unspecified atom stereocenters. The van der Waals surface area contributed by atoms with Gasteiger partial charge in [-0.05, 0) is 57.4 Å². The maximum atomic E-state index is 12.5. The minimum absolute atomic E-state index is 0.0553. The van der Waals surface area contributed by atoms with Gasteiger partial charge in [0.25, 0.3) is 11.8 Å². The molecule has 0 aliphatic carbocycles. The topological polar surface area (TPSA) is 96.0 Å². The predicted octanol–water partition coefficient (Wildman–Crippen LogP) is 2.51. The molecule has 8 nitrogen and oxygen atoms in total. The fourth-order valence-electron chi connectivity index (χ4n) is 3.56. The summed E-state index contributed by atoms with van der Waals surface area (Å²) in [6, 6.07) is 6.77. The number of nitrogens with one attached hydrogen (secondary N) is 1. The summed E-state index contributed by atoms with van der Waals surface area (Å²) in [6.07, 6.45) is 2.99. The lowest BCUT2D eigenvalue weighted by atomic mass is 10.1. The van der Waals surface area contributed by atoms with Gasteiger partial charge in [0.05, 0.1) is 0 Å². The average molecular weight is 432 g/mol. The molecule has 1 fully saturated rings. The summed E-state index contributed by atoms with van der Waals surface area (Å²) in [5, 5.41) is 2.50. The number of carbonyl (C=O) groups is 4. The zero-order valence-electron chi connectivity index (χ0n) is 18.8. The Morgan fingerprint density at radius 3 is 2.23 bits per heavy atom. The van der Waals surface area contributed by atoms with Crippen LogP contribution in [0.15, 0.2) is 24.3 Å². The molecule has 1 aliphatic rings. The van der Waals surface area contributed by atoms with Crippen molar-refractivity contribution in [1.82, 2.24) is 10.2 Å². The second-order valence-electron chi connectivity index (χ2n) is 7.85. The molecule has 0 saturated carbocycles. The van der Waals surface area contributed by atoms with Crippen LogP contribution < -0.4 is 10.2 Å². The Kier molecular flexibility index (Phi) is 9.03. The van der Waals surface area contributed by atoms with E-state index in [1.165, 1.54) is 0 Å². The second kappa shape index (κ2) is 11.5. The molecule has 8 heteroatoms. The molecule has 0 spiro atoms. The molecule has 1 saturated heterocycles. The summed E-state index contributed by atoms with van der Waals surface area (Å²) in [6.45, 7) is 7.95. The Bertz CT molecular complexity index is 783. The zero-order chi connectivity index (χ0) is 23.0. The van der Waals surface area contributed by atoms with E-state index in [0.29, 0.717) is 18.5 Å². The molecular formula is C23H33N3O5. The van der Waals surface area contributed by atoms with Gasteiger partial charge in [0, 0.05) is 36.3 Å². The van der Waals surface area contributed by atoms with E-state index >= 15 is 0 Å². The summed E-state index contributed by atoms with van der Waals surface area (Å²) in [5.41, 5.74) is 1.13. The van der Waals surface area contributed by atoms with E-state index in [-0.39, 0.29) is 37.0 Å². The van der Waals surface area contributed by atoms with Crippen LogP contribution in [0.1, 0.15) is 63.7 Å². The third-order valence-corrected chi connectivity index (χ3v) is 5.68. The summed E-state index contributed by atoms with van der Waals surface area (Å²) in [5.74, 6) is -1.26. The standard InChI is InChI=1S/C23H33N3O5/c1-5-16(3)26(17(4)6-2)21(28)15-31-22(29)14-24-23(30)18-9-11-19(12-10-18)25-13-7-8-20(25)27/h9-12,16-17H,5-8,13-15H2,1-4H3,(H,24,30)/t16-,17+. The van der Waals surface area contributed by atoms with Crippen LogP contribution in [0, 0.1) is 0 Å². The molecule has 0 bridgehead atoms. The van der Waals surface area contributed by atoms with Gasteiger partial charge in [0.2, 0.25) is 5.91 Å². The van der Waals surface area contributed by atoms with Crippen molar-refractivity contribution in [2.45, 2.75) is 65.5 Å². The van der Waals surface area contributed by atoms with E-state index < -0.39 is 11.9 Å². The van der Waals surface area contributed by atoms with E-state index in [4.69, 9.17) is 4.74 Å². The van der Waals surface area contributed by atoms with Crippen molar-refractivity contribution in [3.8, 4) is 0 Å². The molecule has 1 aromatic rings. The first-order chi connectivity index (χ1) is 14.8. The number of nitrogens with zero attached hydrogens (tertiary/aromatic N) is 2. The summed E-state index contributed by atoms with van der Waals surface area (Å²) >= 11 is 0. The number of esters is 1. The maximum Gasteiger partial charge on any atom is 0.325 e. The molecule has 1 N–H and O–H groups in total. The number of rotatable bonds is 10. The Hall–Kier alpha value is -2.90. The quantitative estimate of drug-likeness (QED) is 0.574. The molecular weight excluding hydrogens is 398 g/mol. The number of carbonyl (C=O) groups excluding carboxylic acids is 4. The van der Waals surface area contributed by atoms with Crippen LogP contribution in [0.25, 0.3) is 0 Å². The van der Waals surface area contributed by atoms with Gasteiger partial charge in [0.15, 0.2) is 6.61 Å². The highest BCUT2D eigenvalue weighted by atomic mass is 16.5. The number of hydrogen-bond acceptors (Lipinski definition) is 5. The number of ether oxygens (including phenoxy) is 1. The lowest BCUT2D eigenvalue weighted by molar-refractivity contribution is -0.153. The van der Waals surface area contributed by atoms with Crippen LogP contribution in [0.2, 0.25) is 0 Å². The van der Waals surface area contributed by atoms with Crippen LogP contribution >= 0.6 is 0 Å². The zero-order valence-corrected chi connectivity index (χ0v) is 18.8. The third kappa shape index (κ3) is 6.54. The summed E-state index contributed by atoms with van der Waals surface area (Å²) in [7, 11) is 0. The van der Waals surface area contributed by atoms with E-state index in [1.54, 1.807) is 34.1 Å². The van der Waals surface area contributed by atoms with Gasteiger partial charge in [-0.1, -0.05) is 13.8 Å². The molecule has 1 aliphatic heterocycles. The third-order valence-electron chi connectivity index (χ3n) is 5.68. The van der Waals surface area contributed by atoms with Crippen molar-refractivity contribution in [3.05, 3.63) is 29.8 Å². The molecule has 1 heterocycles. The average Bonchev–Trinajstić information content (AvgIpc) is 3.21. The number of benzene rings is 1. The van der Waals surface area contributed by atoms with Crippen LogP contribution in [0.3, 0.4) is 0 Å². The van der Waals surface area contributed by atoms with E-state index in [9.17, 15) is 19.2 Å². The Labute approximate surface area is 183 Å². The van der Waals surface area contributed by atoms with Crippen molar-refractivity contribution in [2.75, 3.05) is 24.6 Å². The molecule has 2 rings (SSSR count). The van der Waals surface area contributed by atoms with E-state index in [0.717, 1.165) is 24.9 Å². The Morgan fingerprint density at radius 2 is 1.71 bits per heavy atom. The smallest absolute Gasteiger partial charge is 0.325 e. The SMILES string of the molecule is CC[C@@H](C)N(C(=O)COC(=O)CNC(=O)c1ccc(N2CCCC2=O)cc1)[C@@H](C)CC. The lowest BCUT2D eigenvalue weighted by Gasteiger charge is -2.33. The molecule has 0 aromatic heterocycles. The second-order valence-corrected chi connectivity index (χ2v) is 7.85. The number of anilines is 1. The molecule has 3 amide bonds. The van der Waals surface area contributed by atoms with Crippen molar-refractivity contribution < 1.29 is 23.9 Å². The highest BCUT2D eigenvalue weighted by Gasteiger charge is 2.25. The van der Waals surface area contributed by atoms with Crippen molar-refractivity contribution >= 4 is 29.4 Å². The van der Waals surface area contributed by atoms with E-state index in [1.807, 2.05) is 27.7 Å².